The zero-order valence-corrected chi connectivity index (χ0v) is 10.3. The lowest BCUT2D eigenvalue weighted by Crippen LogP contribution is -2.35. The fraction of sp³-hybridized carbons (Fsp3) is 0.462. The predicted octanol–water partition coefficient (Wildman–Crippen LogP) is 2.16. The molecule has 0 spiro atoms. The van der Waals surface area contributed by atoms with Crippen molar-refractivity contribution in [1.29, 1.82) is 0 Å². The summed E-state index contributed by atoms with van der Waals surface area (Å²) in [6.07, 6.45) is 4.97. The molecule has 0 saturated carbocycles. The Balaban J connectivity index is 1.93. The molecule has 3 rings (SSSR count). The van der Waals surface area contributed by atoms with Gasteiger partial charge in [0.2, 0.25) is 0 Å². The normalized spacial score (nSPS) is 16.2. The Labute approximate surface area is 105 Å². The molecule has 0 unspecified atom stereocenters. The summed E-state index contributed by atoms with van der Waals surface area (Å²) in [7, 11) is 0. The molecule has 5 nitrogen and oxygen atoms in total. The van der Waals surface area contributed by atoms with Crippen LogP contribution >= 0.6 is 0 Å². The van der Waals surface area contributed by atoms with Crippen LogP contribution in [0, 0.1) is 6.92 Å². The quantitative estimate of drug-likeness (QED) is 0.772. The van der Waals surface area contributed by atoms with E-state index >= 15 is 0 Å². The molecular formula is C13H15N3O2. The monoisotopic (exact) mass is 245 g/mol. The first-order chi connectivity index (χ1) is 8.75. The van der Waals surface area contributed by atoms with Gasteiger partial charge in [0.15, 0.2) is 0 Å². The molecule has 1 aliphatic heterocycles. The minimum Gasteiger partial charge on any atom is -0.339 e. The second-order valence-corrected chi connectivity index (χ2v) is 4.70. The lowest BCUT2D eigenvalue weighted by molar-refractivity contribution is 0.0724. The number of fused-ring (bicyclic) bond motifs is 1. The minimum atomic E-state index is 0.0599. The third-order valence-electron chi connectivity index (χ3n) is 3.40. The molecule has 1 aliphatic rings. The molecule has 0 atom stereocenters. The largest absolute Gasteiger partial charge is 0.339 e. The lowest BCUT2D eigenvalue weighted by Gasteiger charge is -2.26. The molecule has 2 aromatic rings. The van der Waals surface area contributed by atoms with Crippen LogP contribution in [0.25, 0.3) is 11.1 Å². The van der Waals surface area contributed by atoms with E-state index in [0.29, 0.717) is 11.3 Å². The van der Waals surface area contributed by atoms with Gasteiger partial charge in [0, 0.05) is 19.3 Å². The van der Waals surface area contributed by atoms with Gasteiger partial charge in [-0.3, -0.25) is 4.79 Å². The van der Waals surface area contributed by atoms with Crippen molar-refractivity contribution >= 4 is 17.0 Å². The molecule has 2 aromatic heterocycles. The average molecular weight is 245 g/mol. The van der Waals surface area contributed by atoms with E-state index in [4.69, 9.17) is 4.52 Å². The van der Waals surface area contributed by atoms with E-state index in [1.807, 2.05) is 17.9 Å². The van der Waals surface area contributed by atoms with Gasteiger partial charge < -0.3 is 9.42 Å². The average Bonchev–Trinajstić information content (AvgIpc) is 2.80. The highest BCUT2D eigenvalue weighted by Crippen LogP contribution is 2.19. The number of aromatic nitrogens is 2. The van der Waals surface area contributed by atoms with Gasteiger partial charge in [0.1, 0.15) is 0 Å². The summed E-state index contributed by atoms with van der Waals surface area (Å²) in [5, 5.41) is 4.66. The molecule has 3 heterocycles. The second-order valence-electron chi connectivity index (χ2n) is 4.70. The summed E-state index contributed by atoms with van der Waals surface area (Å²) in [5.74, 6) is 0.0599. The Hall–Kier alpha value is -1.91. The molecule has 5 heteroatoms. The summed E-state index contributed by atoms with van der Waals surface area (Å²) in [6.45, 7) is 3.54. The number of nitrogens with zero attached hydrogens (tertiary/aromatic N) is 3. The maximum Gasteiger partial charge on any atom is 0.257 e. The predicted molar refractivity (Wildman–Crippen MR) is 66.3 cm³/mol. The molecule has 1 amide bonds. The first-order valence-corrected chi connectivity index (χ1v) is 6.27. The van der Waals surface area contributed by atoms with Crippen molar-refractivity contribution in [3.63, 3.8) is 0 Å². The topological polar surface area (TPSA) is 59.2 Å². The van der Waals surface area contributed by atoms with Gasteiger partial charge in [-0.05, 0) is 32.3 Å². The molecule has 0 radical (unpaired) electrons. The van der Waals surface area contributed by atoms with Crippen molar-refractivity contribution in [2.45, 2.75) is 26.2 Å². The summed E-state index contributed by atoms with van der Waals surface area (Å²) in [4.78, 5) is 18.4. The van der Waals surface area contributed by atoms with Gasteiger partial charge in [-0.15, -0.1) is 0 Å². The zero-order chi connectivity index (χ0) is 12.5. The maximum absolute atomic E-state index is 12.3. The van der Waals surface area contributed by atoms with E-state index < -0.39 is 0 Å². The number of amides is 1. The van der Waals surface area contributed by atoms with Gasteiger partial charge >= 0.3 is 0 Å². The molecule has 94 valence electrons. The second kappa shape index (κ2) is 4.40. The molecule has 0 bridgehead atoms. The number of likely N-dealkylation sites (tertiary alicyclic amines) is 1. The number of piperidine rings is 1. The number of rotatable bonds is 1. The molecule has 1 saturated heterocycles. The number of hydrogen-bond acceptors (Lipinski definition) is 4. The summed E-state index contributed by atoms with van der Waals surface area (Å²) >= 11 is 0. The minimum absolute atomic E-state index is 0.0599. The third-order valence-corrected chi connectivity index (χ3v) is 3.40. The molecular weight excluding hydrogens is 230 g/mol. The van der Waals surface area contributed by atoms with Crippen molar-refractivity contribution in [3.05, 3.63) is 23.5 Å². The molecule has 1 fully saturated rings. The van der Waals surface area contributed by atoms with Crippen LogP contribution in [-0.4, -0.2) is 34.0 Å². The van der Waals surface area contributed by atoms with Gasteiger partial charge in [-0.2, -0.15) is 0 Å². The van der Waals surface area contributed by atoms with Gasteiger partial charge in [-0.1, -0.05) is 5.16 Å². The highest BCUT2D eigenvalue weighted by atomic mass is 16.5. The Kier molecular flexibility index (Phi) is 2.74. The first-order valence-electron chi connectivity index (χ1n) is 6.27. The number of carbonyl (C=O) groups excluding carboxylic acids is 1. The van der Waals surface area contributed by atoms with Crippen molar-refractivity contribution in [2.75, 3.05) is 13.1 Å². The maximum atomic E-state index is 12.3. The van der Waals surface area contributed by atoms with Gasteiger partial charge in [0.25, 0.3) is 11.6 Å². The lowest BCUT2D eigenvalue weighted by atomic mass is 10.1. The van der Waals surface area contributed by atoms with Crippen molar-refractivity contribution in [2.24, 2.45) is 0 Å². The van der Waals surface area contributed by atoms with Crippen LogP contribution in [0.2, 0.25) is 0 Å². The third kappa shape index (κ3) is 1.85. The Bertz CT molecular complexity index is 585. The van der Waals surface area contributed by atoms with E-state index in [9.17, 15) is 4.79 Å². The van der Waals surface area contributed by atoms with Crippen molar-refractivity contribution in [3.8, 4) is 0 Å². The van der Waals surface area contributed by atoms with E-state index in [0.717, 1.165) is 37.0 Å². The molecule has 0 aliphatic carbocycles. The fourth-order valence-corrected chi connectivity index (χ4v) is 2.34. The number of hydrogen-bond donors (Lipinski definition) is 0. The van der Waals surface area contributed by atoms with Crippen molar-refractivity contribution < 1.29 is 9.32 Å². The van der Waals surface area contributed by atoms with Crippen LogP contribution in [-0.2, 0) is 0 Å². The smallest absolute Gasteiger partial charge is 0.257 e. The zero-order valence-electron chi connectivity index (χ0n) is 10.3. The van der Waals surface area contributed by atoms with Crippen molar-refractivity contribution in [1.82, 2.24) is 15.0 Å². The molecule has 0 aromatic carbocycles. The van der Waals surface area contributed by atoms with E-state index in [1.54, 1.807) is 6.20 Å². The summed E-state index contributed by atoms with van der Waals surface area (Å²) in [5.41, 5.74) is 1.88. The van der Waals surface area contributed by atoms with Crippen LogP contribution in [0.5, 0.6) is 0 Å². The molecule has 0 N–H and O–H groups in total. The Morgan fingerprint density at radius 3 is 2.89 bits per heavy atom. The number of pyridine rings is 1. The van der Waals surface area contributed by atoms with E-state index in [-0.39, 0.29) is 5.91 Å². The number of aryl methyl sites for hydroxylation is 1. The van der Waals surface area contributed by atoms with Crippen LogP contribution < -0.4 is 0 Å². The fourth-order valence-electron chi connectivity index (χ4n) is 2.34. The highest BCUT2D eigenvalue weighted by molar-refractivity contribution is 5.97. The van der Waals surface area contributed by atoms with Crippen LogP contribution in [0.4, 0.5) is 0 Å². The summed E-state index contributed by atoms with van der Waals surface area (Å²) in [6, 6.07) is 1.82. The van der Waals surface area contributed by atoms with Crippen LogP contribution in [0.15, 0.2) is 16.8 Å². The first kappa shape index (κ1) is 11.2. The highest BCUT2D eigenvalue weighted by Gasteiger charge is 2.19. The Morgan fingerprint density at radius 1 is 1.33 bits per heavy atom. The van der Waals surface area contributed by atoms with E-state index in [2.05, 4.69) is 10.1 Å². The molecule has 18 heavy (non-hydrogen) atoms. The SMILES string of the molecule is Cc1noc2ncc(C(=O)N3CCCCC3)cc12. The van der Waals surface area contributed by atoms with Crippen LogP contribution in [0.3, 0.4) is 0 Å². The van der Waals surface area contributed by atoms with Gasteiger partial charge in [0.05, 0.1) is 16.6 Å². The van der Waals surface area contributed by atoms with Gasteiger partial charge in [-0.25, -0.2) is 4.98 Å². The van der Waals surface area contributed by atoms with E-state index in [1.165, 1.54) is 6.42 Å². The standard InChI is InChI=1S/C13H15N3O2/c1-9-11-7-10(8-14-12(11)18-15-9)13(17)16-5-3-2-4-6-16/h7-8H,2-6H2,1H3. The number of carbonyl (C=O) groups is 1. The van der Waals surface area contributed by atoms with Crippen LogP contribution in [0.1, 0.15) is 35.3 Å². The summed E-state index contributed by atoms with van der Waals surface area (Å²) < 4.78 is 5.04. The Morgan fingerprint density at radius 2 is 2.11 bits per heavy atom.